The van der Waals surface area contributed by atoms with Crippen molar-refractivity contribution in [1.82, 2.24) is 14.5 Å². The maximum Gasteiger partial charge on any atom is 0.263 e. The monoisotopic (exact) mass is 287 g/mol. The van der Waals surface area contributed by atoms with Crippen molar-refractivity contribution < 1.29 is 8.78 Å². The minimum Gasteiger partial charge on any atom is -0.299 e. The standard InChI is InChI=1S/C15H11F2N3O/c1-8-19-14-13(15(21)20(8)2)11(5-6-18-14)10-4-3-9(16)7-12(10)17/h3-7H,1-2H3. The van der Waals surface area contributed by atoms with Crippen LogP contribution >= 0.6 is 0 Å². The first-order chi connectivity index (χ1) is 9.99. The molecular weight excluding hydrogens is 276 g/mol. The average molecular weight is 287 g/mol. The third-order valence-corrected chi connectivity index (χ3v) is 3.42. The lowest BCUT2D eigenvalue weighted by atomic mass is 10.0. The number of aryl methyl sites for hydroxylation is 1. The van der Waals surface area contributed by atoms with Crippen molar-refractivity contribution in [2.24, 2.45) is 7.05 Å². The molecule has 0 saturated carbocycles. The molecule has 3 rings (SSSR count). The molecule has 21 heavy (non-hydrogen) atoms. The first-order valence-electron chi connectivity index (χ1n) is 6.27. The molecule has 0 aliphatic carbocycles. The van der Waals surface area contributed by atoms with E-state index in [0.29, 0.717) is 11.4 Å². The fourth-order valence-electron chi connectivity index (χ4n) is 2.22. The van der Waals surface area contributed by atoms with Crippen LogP contribution in [0.5, 0.6) is 0 Å². The van der Waals surface area contributed by atoms with Gasteiger partial charge in [0.15, 0.2) is 5.65 Å². The number of hydrogen-bond donors (Lipinski definition) is 0. The molecule has 0 N–H and O–H groups in total. The van der Waals surface area contributed by atoms with E-state index in [2.05, 4.69) is 9.97 Å². The van der Waals surface area contributed by atoms with Crippen molar-refractivity contribution in [2.75, 3.05) is 0 Å². The summed E-state index contributed by atoms with van der Waals surface area (Å²) in [6, 6.07) is 4.76. The van der Waals surface area contributed by atoms with Gasteiger partial charge in [0.05, 0.1) is 5.39 Å². The summed E-state index contributed by atoms with van der Waals surface area (Å²) >= 11 is 0. The second-order valence-electron chi connectivity index (χ2n) is 4.70. The Morgan fingerprint density at radius 2 is 1.90 bits per heavy atom. The van der Waals surface area contributed by atoms with Crippen LogP contribution in [-0.4, -0.2) is 14.5 Å². The molecule has 0 aliphatic rings. The van der Waals surface area contributed by atoms with Gasteiger partial charge in [-0.15, -0.1) is 0 Å². The lowest BCUT2D eigenvalue weighted by molar-refractivity contribution is 0.585. The van der Waals surface area contributed by atoms with E-state index in [1.54, 1.807) is 14.0 Å². The van der Waals surface area contributed by atoms with E-state index in [1.165, 1.54) is 22.9 Å². The molecule has 0 atom stereocenters. The summed E-state index contributed by atoms with van der Waals surface area (Å²) < 4.78 is 28.4. The highest BCUT2D eigenvalue weighted by atomic mass is 19.1. The van der Waals surface area contributed by atoms with E-state index in [0.717, 1.165) is 12.1 Å². The van der Waals surface area contributed by atoms with E-state index >= 15 is 0 Å². The normalized spacial score (nSPS) is 11.0. The first kappa shape index (κ1) is 13.4. The summed E-state index contributed by atoms with van der Waals surface area (Å²) in [5.74, 6) is -0.890. The summed E-state index contributed by atoms with van der Waals surface area (Å²) in [5.41, 5.74) is 0.429. The molecule has 0 bridgehead atoms. The van der Waals surface area contributed by atoms with Gasteiger partial charge in [-0.1, -0.05) is 0 Å². The van der Waals surface area contributed by atoms with Gasteiger partial charge in [0.1, 0.15) is 17.5 Å². The van der Waals surface area contributed by atoms with E-state index < -0.39 is 11.6 Å². The van der Waals surface area contributed by atoms with Gasteiger partial charge in [-0.2, -0.15) is 0 Å². The summed E-state index contributed by atoms with van der Waals surface area (Å²) in [7, 11) is 1.59. The van der Waals surface area contributed by atoms with Gasteiger partial charge >= 0.3 is 0 Å². The van der Waals surface area contributed by atoms with E-state index in [4.69, 9.17) is 0 Å². The Morgan fingerprint density at radius 3 is 2.62 bits per heavy atom. The van der Waals surface area contributed by atoms with Crippen LogP contribution in [0.1, 0.15) is 5.82 Å². The van der Waals surface area contributed by atoms with Crippen LogP contribution in [0.3, 0.4) is 0 Å². The zero-order chi connectivity index (χ0) is 15.1. The van der Waals surface area contributed by atoms with Crippen LogP contribution in [0.4, 0.5) is 8.78 Å². The van der Waals surface area contributed by atoms with Gasteiger partial charge in [0.2, 0.25) is 0 Å². The molecule has 6 heteroatoms. The fourth-order valence-corrected chi connectivity index (χ4v) is 2.22. The van der Waals surface area contributed by atoms with Crippen molar-refractivity contribution in [3.63, 3.8) is 0 Å². The van der Waals surface area contributed by atoms with Gasteiger partial charge in [-0.3, -0.25) is 9.36 Å². The summed E-state index contributed by atoms with van der Waals surface area (Å²) in [5, 5.41) is 0.219. The largest absolute Gasteiger partial charge is 0.299 e. The molecular formula is C15H11F2N3O. The SMILES string of the molecule is Cc1nc2nccc(-c3ccc(F)cc3F)c2c(=O)n1C. The Bertz CT molecular complexity index is 919. The number of rotatable bonds is 1. The first-order valence-corrected chi connectivity index (χ1v) is 6.27. The topological polar surface area (TPSA) is 47.8 Å². The third-order valence-electron chi connectivity index (χ3n) is 3.42. The second kappa shape index (κ2) is 4.73. The lowest BCUT2D eigenvalue weighted by Crippen LogP contribution is -2.21. The van der Waals surface area contributed by atoms with Crippen LogP contribution in [0.25, 0.3) is 22.2 Å². The number of halogens is 2. The molecule has 2 aromatic heterocycles. The third kappa shape index (κ3) is 2.08. The fraction of sp³-hybridized carbons (Fsp3) is 0.133. The number of hydrogen-bond acceptors (Lipinski definition) is 3. The lowest BCUT2D eigenvalue weighted by Gasteiger charge is -2.09. The second-order valence-corrected chi connectivity index (χ2v) is 4.70. The van der Waals surface area contributed by atoms with Gasteiger partial charge in [-0.05, 0) is 25.1 Å². The number of fused-ring (bicyclic) bond motifs is 1. The zero-order valence-corrected chi connectivity index (χ0v) is 11.4. The van der Waals surface area contributed by atoms with Crippen molar-refractivity contribution >= 4 is 11.0 Å². The van der Waals surface area contributed by atoms with Crippen molar-refractivity contribution in [3.8, 4) is 11.1 Å². The molecule has 4 nitrogen and oxygen atoms in total. The number of benzene rings is 1. The predicted octanol–water partition coefficient (Wildman–Crippen LogP) is 2.58. The Labute approximate surface area is 118 Å². The van der Waals surface area contributed by atoms with E-state index in [9.17, 15) is 13.6 Å². The van der Waals surface area contributed by atoms with Crippen LogP contribution in [-0.2, 0) is 7.05 Å². The van der Waals surface area contributed by atoms with Gasteiger partial charge in [0.25, 0.3) is 5.56 Å². The molecule has 0 spiro atoms. The quantitative estimate of drug-likeness (QED) is 0.691. The highest BCUT2D eigenvalue weighted by Gasteiger charge is 2.15. The molecule has 0 amide bonds. The Kier molecular flexibility index (Phi) is 3.01. The predicted molar refractivity (Wildman–Crippen MR) is 74.9 cm³/mol. The zero-order valence-electron chi connectivity index (χ0n) is 11.4. The van der Waals surface area contributed by atoms with Gasteiger partial charge in [0, 0.05) is 30.4 Å². The molecule has 0 unspecified atom stereocenters. The molecule has 0 saturated heterocycles. The molecule has 0 aliphatic heterocycles. The van der Waals surface area contributed by atoms with Crippen molar-refractivity contribution in [1.29, 1.82) is 0 Å². The smallest absolute Gasteiger partial charge is 0.263 e. The van der Waals surface area contributed by atoms with Crippen LogP contribution in [0.15, 0.2) is 35.3 Å². The minimum absolute atomic E-state index is 0.145. The number of pyridine rings is 1. The van der Waals surface area contributed by atoms with Crippen LogP contribution in [0, 0.1) is 18.6 Å². The highest BCUT2D eigenvalue weighted by molar-refractivity contribution is 5.91. The molecule has 1 aromatic carbocycles. The molecule has 106 valence electrons. The maximum absolute atomic E-state index is 14.0. The maximum atomic E-state index is 14.0. The van der Waals surface area contributed by atoms with Gasteiger partial charge in [-0.25, -0.2) is 18.7 Å². The van der Waals surface area contributed by atoms with Crippen LogP contribution < -0.4 is 5.56 Å². The van der Waals surface area contributed by atoms with Crippen molar-refractivity contribution in [3.05, 3.63) is 58.3 Å². The molecule has 0 radical (unpaired) electrons. The van der Waals surface area contributed by atoms with E-state index in [-0.39, 0.29) is 22.2 Å². The molecule has 3 aromatic rings. The number of aromatic nitrogens is 3. The summed E-state index contributed by atoms with van der Waals surface area (Å²) in [4.78, 5) is 20.7. The Hall–Kier alpha value is -2.63. The molecule has 2 heterocycles. The Balaban J connectivity index is 2.44. The number of nitrogens with zero attached hydrogens (tertiary/aromatic N) is 3. The Morgan fingerprint density at radius 1 is 1.14 bits per heavy atom. The minimum atomic E-state index is -0.731. The van der Waals surface area contributed by atoms with Crippen molar-refractivity contribution in [2.45, 2.75) is 6.92 Å². The average Bonchev–Trinajstić information content (AvgIpc) is 2.44. The molecule has 0 fully saturated rings. The van der Waals surface area contributed by atoms with Gasteiger partial charge < -0.3 is 0 Å². The summed E-state index contributed by atoms with van der Waals surface area (Å²) in [6.45, 7) is 1.69. The summed E-state index contributed by atoms with van der Waals surface area (Å²) in [6.07, 6.45) is 1.45. The van der Waals surface area contributed by atoms with E-state index in [1.807, 2.05) is 0 Å². The van der Waals surface area contributed by atoms with Crippen LogP contribution in [0.2, 0.25) is 0 Å². The highest BCUT2D eigenvalue weighted by Crippen LogP contribution is 2.27.